The zero-order chi connectivity index (χ0) is 17.5. The van der Waals surface area contributed by atoms with Crippen molar-refractivity contribution in [1.82, 2.24) is 20.1 Å². The van der Waals surface area contributed by atoms with Gasteiger partial charge in [0.2, 0.25) is 23.6 Å². The maximum absolute atomic E-state index is 13.0. The third-order valence-corrected chi connectivity index (χ3v) is 5.90. The molecule has 5 aliphatic rings. The zero-order valence-electron chi connectivity index (χ0n) is 13.1. The number of carbonyl (C=O) groups is 4. The minimum absolute atomic E-state index is 0.0637. The highest BCUT2D eigenvalue weighted by atomic mass is 16.2. The Balaban J connectivity index is 1.61. The summed E-state index contributed by atoms with van der Waals surface area (Å²) in [5.41, 5.74) is 0. The van der Waals surface area contributed by atoms with Crippen LogP contribution in [0.1, 0.15) is 0 Å². The van der Waals surface area contributed by atoms with E-state index in [1.54, 1.807) is 0 Å². The zero-order valence-corrected chi connectivity index (χ0v) is 13.1. The number of aromatic nitrogens is 3. The maximum atomic E-state index is 13.0. The van der Waals surface area contributed by atoms with Gasteiger partial charge in [0.1, 0.15) is 0 Å². The van der Waals surface area contributed by atoms with Gasteiger partial charge in [0.05, 0.1) is 36.1 Å². The molecular formula is C16H13N5O4. The van der Waals surface area contributed by atoms with E-state index in [0.717, 1.165) is 9.80 Å². The summed E-state index contributed by atoms with van der Waals surface area (Å²) >= 11 is 0. The van der Waals surface area contributed by atoms with Gasteiger partial charge in [-0.15, -0.1) is 5.10 Å². The van der Waals surface area contributed by atoms with Crippen molar-refractivity contribution in [3.63, 3.8) is 0 Å². The minimum Gasteiger partial charge on any atom is -0.285 e. The molecule has 2 aliphatic heterocycles. The van der Waals surface area contributed by atoms with Gasteiger partial charge in [0, 0.05) is 18.9 Å². The van der Waals surface area contributed by atoms with Crippen LogP contribution in [0.4, 0.5) is 5.95 Å². The number of allylic oxidation sites excluding steroid dienone is 2. The summed E-state index contributed by atoms with van der Waals surface area (Å²) < 4.78 is 0. The predicted octanol–water partition coefficient (Wildman–Crippen LogP) is -0.976. The molecule has 0 aromatic carbocycles. The number of hydrogen-bond donors (Lipinski definition) is 0. The number of nitrogens with zero attached hydrogens (tertiary/aromatic N) is 5. The first kappa shape index (κ1) is 14.4. The number of hydrogen-bond acceptors (Lipinski definition) is 7. The highest BCUT2D eigenvalue weighted by Crippen LogP contribution is 2.57. The summed E-state index contributed by atoms with van der Waals surface area (Å²) in [5, 5.41) is 7.44. The van der Waals surface area contributed by atoms with Gasteiger partial charge in [-0.2, -0.15) is 5.10 Å². The van der Waals surface area contributed by atoms with Crippen LogP contribution in [0.3, 0.4) is 0 Å². The van der Waals surface area contributed by atoms with E-state index in [1.807, 2.05) is 12.2 Å². The summed E-state index contributed by atoms with van der Waals surface area (Å²) in [6.07, 6.45) is 6.34. The Kier molecular flexibility index (Phi) is 2.62. The lowest BCUT2D eigenvalue weighted by Crippen LogP contribution is -2.50. The monoisotopic (exact) mass is 339 g/mol. The molecule has 3 fully saturated rings. The molecular weight excluding hydrogens is 326 g/mol. The first-order chi connectivity index (χ1) is 12.0. The summed E-state index contributed by atoms with van der Waals surface area (Å²) in [6.45, 7) is 0. The van der Waals surface area contributed by atoms with Crippen LogP contribution >= 0.6 is 0 Å². The second-order valence-corrected chi connectivity index (χ2v) is 6.83. The average molecular weight is 339 g/mol. The molecule has 6 atom stereocenters. The summed E-state index contributed by atoms with van der Waals surface area (Å²) in [5.74, 6) is -4.82. The standard InChI is InChI=1S/C16H13N5O4/c1-20-12(22)8-6-2-3-7(9(8)13(20)23)11-10(6)14(24)21(15(11)25)16-17-4-5-18-19-16/h2-11H,1H3. The molecule has 2 saturated heterocycles. The van der Waals surface area contributed by atoms with Gasteiger partial charge < -0.3 is 0 Å². The van der Waals surface area contributed by atoms with Crippen LogP contribution in [0.5, 0.6) is 0 Å². The molecule has 9 heteroatoms. The van der Waals surface area contributed by atoms with Crippen molar-refractivity contribution in [2.24, 2.45) is 35.5 Å². The van der Waals surface area contributed by atoms with Crippen molar-refractivity contribution < 1.29 is 19.2 Å². The Morgan fingerprint density at radius 2 is 1.32 bits per heavy atom. The summed E-state index contributed by atoms with van der Waals surface area (Å²) in [4.78, 5) is 56.9. The van der Waals surface area contributed by atoms with E-state index < -0.39 is 47.3 Å². The number of rotatable bonds is 1. The van der Waals surface area contributed by atoms with Crippen LogP contribution in [0.25, 0.3) is 0 Å². The molecule has 9 nitrogen and oxygen atoms in total. The smallest absolute Gasteiger partial charge is 0.258 e. The summed E-state index contributed by atoms with van der Waals surface area (Å²) in [7, 11) is 1.46. The molecule has 1 saturated carbocycles. The Morgan fingerprint density at radius 3 is 1.80 bits per heavy atom. The van der Waals surface area contributed by atoms with Crippen LogP contribution in [-0.2, 0) is 19.2 Å². The van der Waals surface area contributed by atoms with Crippen LogP contribution in [0, 0.1) is 35.5 Å². The molecule has 126 valence electrons. The molecule has 3 aliphatic carbocycles. The average Bonchev–Trinajstić information content (AvgIpc) is 3.05. The second kappa shape index (κ2) is 4.56. The van der Waals surface area contributed by atoms with Gasteiger partial charge in [0.25, 0.3) is 5.95 Å². The SMILES string of the molecule is CN1C(=O)C2C3C=CC(C2C1=O)C1C(=O)N(c2nccnn2)C(=O)C31. The van der Waals surface area contributed by atoms with Gasteiger partial charge in [-0.3, -0.25) is 24.1 Å². The van der Waals surface area contributed by atoms with E-state index in [2.05, 4.69) is 15.2 Å². The molecule has 0 N–H and O–H groups in total. The maximum Gasteiger partial charge on any atom is 0.258 e. The number of amides is 4. The fraction of sp³-hybridized carbons (Fsp3) is 0.438. The fourth-order valence-electron chi connectivity index (χ4n) is 4.92. The number of carbonyl (C=O) groups excluding carboxylic acids is 4. The molecule has 0 spiro atoms. The molecule has 1 aromatic heterocycles. The van der Waals surface area contributed by atoms with E-state index in [1.165, 1.54) is 19.4 Å². The number of anilines is 1. The predicted molar refractivity (Wildman–Crippen MR) is 80.2 cm³/mol. The van der Waals surface area contributed by atoms with Crippen LogP contribution in [0.2, 0.25) is 0 Å². The third kappa shape index (κ3) is 1.55. The number of imide groups is 2. The van der Waals surface area contributed by atoms with Crippen molar-refractivity contribution in [1.29, 1.82) is 0 Å². The van der Waals surface area contributed by atoms with E-state index >= 15 is 0 Å². The van der Waals surface area contributed by atoms with E-state index in [9.17, 15) is 19.2 Å². The fourth-order valence-corrected chi connectivity index (χ4v) is 4.92. The molecule has 4 amide bonds. The van der Waals surface area contributed by atoms with Gasteiger partial charge in [-0.25, -0.2) is 9.88 Å². The van der Waals surface area contributed by atoms with Crippen molar-refractivity contribution in [2.45, 2.75) is 0 Å². The molecule has 0 radical (unpaired) electrons. The van der Waals surface area contributed by atoms with Crippen molar-refractivity contribution >= 4 is 29.6 Å². The number of likely N-dealkylation sites (tertiary alicyclic amines) is 1. The van der Waals surface area contributed by atoms with Gasteiger partial charge in [-0.1, -0.05) is 12.2 Å². The van der Waals surface area contributed by atoms with Crippen LogP contribution in [-0.4, -0.2) is 50.8 Å². The Hall–Kier alpha value is -2.97. The third-order valence-electron chi connectivity index (χ3n) is 5.90. The Morgan fingerprint density at radius 1 is 0.800 bits per heavy atom. The van der Waals surface area contributed by atoms with Crippen molar-refractivity contribution in [3.8, 4) is 0 Å². The van der Waals surface area contributed by atoms with Gasteiger partial charge >= 0.3 is 0 Å². The van der Waals surface area contributed by atoms with Gasteiger partial charge in [0.15, 0.2) is 0 Å². The molecule has 3 heterocycles. The van der Waals surface area contributed by atoms with E-state index in [0.29, 0.717) is 0 Å². The first-order valence-electron chi connectivity index (χ1n) is 8.03. The second-order valence-electron chi connectivity index (χ2n) is 6.83. The molecule has 6 unspecified atom stereocenters. The molecule has 1 aromatic rings. The lowest BCUT2D eigenvalue weighted by Gasteiger charge is -2.44. The van der Waals surface area contributed by atoms with Crippen molar-refractivity contribution in [2.75, 3.05) is 11.9 Å². The van der Waals surface area contributed by atoms with Crippen LogP contribution in [0.15, 0.2) is 24.5 Å². The largest absolute Gasteiger partial charge is 0.285 e. The van der Waals surface area contributed by atoms with Gasteiger partial charge in [-0.05, 0) is 0 Å². The quantitative estimate of drug-likeness (QED) is 0.477. The highest BCUT2D eigenvalue weighted by Gasteiger charge is 2.68. The molecule has 6 rings (SSSR count). The normalized spacial score (nSPS) is 38.6. The molecule has 2 bridgehead atoms. The Bertz CT molecular complexity index is 819. The minimum atomic E-state index is -0.657. The first-order valence-corrected chi connectivity index (χ1v) is 8.03. The van der Waals surface area contributed by atoms with Crippen molar-refractivity contribution in [3.05, 3.63) is 24.5 Å². The van der Waals surface area contributed by atoms with Crippen LogP contribution < -0.4 is 4.90 Å². The topological polar surface area (TPSA) is 113 Å². The highest BCUT2D eigenvalue weighted by molar-refractivity contribution is 6.22. The van der Waals surface area contributed by atoms with E-state index in [-0.39, 0.29) is 17.8 Å². The van der Waals surface area contributed by atoms with E-state index in [4.69, 9.17) is 0 Å². The molecule has 25 heavy (non-hydrogen) atoms. The lowest BCUT2D eigenvalue weighted by molar-refractivity contribution is -0.138. The lowest BCUT2D eigenvalue weighted by atomic mass is 9.54. The summed E-state index contributed by atoms with van der Waals surface area (Å²) in [6, 6.07) is 0. The Labute approximate surface area is 141 Å².